The Morgan fingerprint density at radius 2 is 1.96 bits per heavy atom. The Hall–Kier alpha value is -2.67. The van der Waals surface area contributed by atoms with Crippen LogP contribution in [0.3, 0.4) is 0 Å². The van der Waals surface area contributed by atoms with Gasteiger partial charge in [-0.2, -0.15) is 0 Å². The van der Waals surface area contributed by atoms with Crippen LogP contribution >= 0.6 is 0 Å². The SMILES string of the molecule is COc1ncc(CN2C(=O)NC3(CCOCC3)C2=O)c2ccccc12. The van der Waals surface area contributed by atoms with Crippen molar-refractivity contribution in [1.82, 2.24) is 15.2 Å². The van der Waals surface area contributed by atoms with E-state index in [1.165, 1.54) is 4.90 Å². The van der Waals surface area contributed by atoms with Gasteiger partial charge in [0, 0.05) is 37.6 Å². The molecule has 7 nitrogen and oxygen atoms in total. The Morgan fingerprint density at radius 3 is 2.68 bits per heavy atom. The lowest BCUT2D eigenvalue weighted by atomic mass is 9.90. The molecule has 3 amide bonds. The maximum absolute atomic E-state index is 12.9. The summed E-state index contributed by atoms with van der Waals surface area (Å²) in [7, 11) is 1.57. The molecule has 25 heavy (non-hydrogen) atoms. The maximum Gasteiger partial charge on any atom is 0.325 e. The van der Waals surface area contributed by atoms with Gasteiger partial charge in [0.25, 0.3) is 5.91 Å². The van der Waals surface area contributed by atoms with Gasteiger partial charge in [-0.25, -0.2) is 9.78 Å². The molecule has 1 spiro atoms. The molecule has 1 aromatic carbocycles. The van der Waals surface area contributed by atoms with Crippen molar-refractivity contribution in [3.63, 3.8) is 0 Å². The number of ether oxygens (including phenoxy) is 2. The van der Waals surface area contributed by atoms with Crippen LogP contribution < -0.4 is 10.1 Å². The lowest BCUT2D eigenvalue weighted by molar-refractivity contribution is -0.134. The van der Waals surface area contributed by atoms with E-state index < -0.39 is 5.54 Å². The molecule has 4 rings (SSSR count). The number of carbonyl (C=O) groups excluding carboxylic acids is 2. The van der Waals surface area contributed by atoms with E-state index in [0.29, 0.717) is 31.9 Å². The molecule has 0 saturated carbocycles. The topological polar surface area (TPSA) is 80.8 Å². The van der Waals surface area contributed by atoms with E-state index in [4.69, 9.17) is 9.47 Å². The quantitative estimate of drug-likeness (QED) is 0.862. The molecule has 1 N–H and O–H groups in total. The Balaban J connectivity index is 1.68. The zero-order chi connectivity index (χ0) is 17.4. The first kappa shape index (κ1) is 15.8. The zero-order valence-electron chi connectivity index (χ0n) is 13.9. The van der Waals surface area contributed by atoms with Crippen molar-refractivity contribution in [3.05, 3.63) is 36.0 Å². The predicted octanol–water partition coefficient (Wildman–Crippen LogP) is 1.84. The molecule has 2 aliphatic heterocycles. The highest BCUT2D eigenvalue weighted by Gasteiger charge is 2.51. The molecule has 0 atom stereocenters. The van der Waals surface area contributed by atoms with Gasteiger partial charge in [-0.1, -0.05) is 18.2 Å². The molecule has 3 heterocycles. The van der Waals surface area contributed by atoms with Crippen molar-refractivity contribution in [1.29, 1.82) is 0 Å². The van der Waals surface area contributed by atoms with Gasteiger partial charge in [-0.3, -0.25) is 9.69 Å². The monoisotopic (exact) mass is 341 g/mol. The third kappa shape index (κ3) is 2.51. The fraction of sp³-hybridized carbons (Fsp3) is 0.389. The number of imide groups is 1. The summed E-state index contributed by atoms with van der Waals surface area (Å²) in [6, 6.07) is 7.32. The number of hydrogen-bond donors (Lipinski definition) is 1. The smallest absolute Gasteiger partial charge is 0.325 e. The normalized spacial score (nSPS) is 19.5. The number of methoxy groups -OCH3 is 1. The summed E-state index contributed by atoms with van der Waals surface area (Å²) in [5.41, 5.74) is -0.00518. The number of hydrogen-bond acceptors (Lipinski definition) is 5. The Bertz CT molecular complexity index is 845. The molecular weight excluding hydrogens is 322 g/mol. The summed E-state index contributed by atoms with van der Waals surface area (Å²) in [6.45, 7) is 1.14. The number of nitrogens with zero attached hydrogens (tertiary/aromatic N) is 2. The van der Waals surface area contributed by atoms with Crippen molar-refractivity contribution < 1.29 is 19.1 Å². The van der Waals surface area contributed by atoms with Crippen molar-refractivity contribution in [2.24, 2.45) is 0 Å². The van der Waals surface area contributed by atoms with Crippen LogP contribution in [-0.2, 0) is 16.1 Å². The summed E-state index contributed by atoms with van der Waals surface area (Å²) in [5, 5.41) is 4.65. The average Bonchev–Trinajstić information content (AvgIpc) is 2.86. The first-order valence-corrected chi connectivity index (χ1v) is 8.27. The molecule has 0 unspecified atom stereocenters. The molecule has 0 bridgehead atoms. The van der Waals surface area contributed by atoms with Crippen LogP contribution in [0.15, 0.2) is 30.5 Å². The summed E-state index contributed by atoms with van der Waals surface area (Å²) in [6.07, 6.45) is 2.68. The largest absolute Gasteiger partial charge is 0.481 e. The van der Waals surface area contributed by atoms with Crippen molar-refractivity contribution in [2.75, 3.05) is 20.3 Å². The minimum absolute atomic E-state index is 0.180. The van der Waals surface area contributed by atoms with E-state index in [1.54, 1.807) is 13.3 Å². The van der Waals surface area contributed by atoms with Gasteiger partial charge in [0.15, 0.2) is 0 Å². The molecule has 2 fully saturated rings. The van der Waals surface area contributed by atoms with E-state index in [-0.39, 0.29) is 18.5 Å². The second-order valence-electron chi connectivity index (χ2n) is 6.35. The third-order valence-corrected chi connectivity index (χ3v) is 4.96. The number of aromatic nitrogens is 1. The third-order valence-electron chi connectivity index (χ3n) is 4.96. The van der Waals surface area contributed by atoms with Gasteiger partial charge >= 0.3 is 6.03 Å². The summed E-state index contributed by atoms with van der Waals surface area (Å²) < 4.78 is 10.6. The fourth-order valence-electron chi connectivity index (χ4n) is 3.56. The van der Waals surface area contributed by atoms with E-state index in [1.807, 2.05) is 24.3 Å². The van der Waals surface area contributed by atoms with Crippen LogP contribution in [0.4, 0.5) is 4.79 Å². The lowest BCUT2D eigenvalue weighted by Gasteiger charge is -2.30. The van der Waals surface area contributed by atoms with E-state index in [0.717, 1.165) is 16.3 Å². The minimum Gasteiger partial charge on any atom is -0.481 e. The van der Waals surface area contributed by atoms with Gasteiger partial charge in [0.2, 0.25) is 5.88 Å². The molecule has 2 aliphatic rings. The van der Waals surface area contributed by atoms with Gasteiger partial charge in [-0.15, -0.1) is 0 Å². The zero-order valence-corrected chi connectivity index (χ0v) is 13.9. The van der Waals surface area contributed by atoms with Crippen LogP contribution in [0.5, 0.6) is 5.88 Å². The summed E-state index contributed by atoms with van der Waals surface area (Å²) in [4.78, 5) is 30.9. The Labute approximate surface area is 144 Å². The van der Waals surface area contributed by atoms with Crippen LogP contribution in [0.25, 0.3) is 10.8 Å². The maximum atomic E-state index is 12.9. The fourth-order valence-corrected chi connectivity index (χ4v) is 3.56. The number of urea groups is 1. The number of fused-ring (bicyclic) bond motifs is 1. The lowest BCUT2D eigenvalue weighted by Crippen LogP contribution is -2.51. The number of pyridine rings is 1. The number of benzene rings is 1. The second-order valence-corrected chi connectivity index (χ2v) is 6.35. The van der Waals surface area contributed by atoms with Crippen molar-refractivity contribution >= 4 is 22.7 Å². The molecule has 2 aromatic rings. The second kappa shape index (κ2) is 6.00. The molecule has 0 aliphatic carbocycles. The van der Waals surface area contributed by atoms with Crippen molar-refractivity contribution in [2.45, 2.75) is 24.9 Å². The van der Waals surface area contributed by atoms with Crippen LogP contribution in [0.1, 0.15) is 18.4 Å². The Kier molecular flexibility index (Phi) is 3.80. The van der Waals surface area contributed by atoms with Gasteiger partial charge in [0.1, 0.15) is 5.54 Å². The van der Waals surface area contributed by atoms with Gasteiger partial charge in [-0.05, 0) is 17.0 Å². The first-order valence-electron chi connectivity index (χ1n) is 8.27. The molecule has 2 saturated heterocycles. The van der Waals surface area contributed by atoms with Gasteiger partial charge in [0.05, 0.1) is 13.7 Å². The van der Waals surface area contributed by atoms with E-state index >= 15 is 0 Å². The van der Waals surface area contributed by atoms with Crippen LogP contribution in [0, 0.1) is 0 Å². The molecule has 7 heteroatoms. The molecule has 130 valence electrons. The summed E-state index contributed by atoms with van der Waals surface area (Å²) >= 11 is 0. The number of carbonyl (C=O) groups is 2. The molecular formula is C18H19N3O4. The van der Waals surface area contributed by atoms with Crippen LogP contribution in [0.2, 0.25) is 0 Å². The van der Waals surface area contributed by atoms with Gasteiger partial charge < -0.3 is 14.8 Å². The standard InChI is InChI=1S/C18H19N3O4/c1-24-15-14-5-3-2-4-13(14)12(10-19-15)11-21-16(22)18(20-17(21)23)6-8-25-9-7-18/h2-5,10H,6-9,11H2,1H3,(H,20,23). The Morgan fingerprint density at radius 1 is 1.24 bits per heavy atom. The first-order chi connectivity index (χ1) is 12.1. The molecule has 1 aromatic heterocycles. The van der Waals surface area contributed by atoms with E-state index in [9.17, 15) is 9.59 Å². The summed E-state index contributed by atoms with van der Waals surface area (Å²) in [5.74, 6) is 0.346. The molecule has 0 radical (unpaired) electrons. The van der Waals surface area contributed by atoms with Crippen molar-refractivity contribution in [3.8, 4) is 5.88 Å². The highest BCUT2D eigenvalue weighted by atomic mass is 16.5. The average molecular weight is 341 g/mol. The number of rotatable bonds is 3. The van der Waals surface area contributed by atoms with E-state index in [2.05, 4.69) is 10.3 Å². The highest BCUT2D eigenvalue weighted by molar-refractivity contribution is 6.07. The number of nitrogens with one attached hydrogen (secondary N) is 1. The number of amides is 3. The predicted molar refractivity (Wildman–Crippen MR) is 90.2 cm³/mol. The highest BCUT2D eigenvalue weighted by Crippen LogP contribution is 2.31. The minimum atomic E-state index is -0.814. The van der Waals surface area contributed by atoms with Crippen LogP contribution in [-0.4, -0.2) is 47.7 Å².